The maximum atomic E-state index is 12.1. The van der Waals surface area contributed by atoms with E-state index >= 15 is 0 Å². The van der Waals surface area contributed by atoms with E-state index in [1.54, 1.807) is 13.2 Å². The topological polar surface area (TPSA) is 78.7 Å². The highest BCUT2D eigenvalue weighted by atomic mass is 16.7. The predicted molar refractivity (Wildman–Crippen MR) is 85.9 cm³/mol. The van der Waals surface area contributed by atoms with Crippen LogP contribution >= 0.6 is 0 Å². The Labute approximate surface area is 139 Å². The third kappa shape index (κ3) is 3.72. The number of carbonyl (C=O) groups is 1. The Kier molecular flexibility index (Phi) is 4.50. The standard InChI is InChI=1S/C16H20N4O4/c1-16(2)23-11-13(24-16)10-22-15(21)19(3)20-9-14(17-18-20)12-7-5-4-6-8-12/h4-9,13H,10-11H2,1-3H3. The van der Waals surface area contributed by atoms with Crippen molar-refractivity contribution >= 4 is 6.09 Å². The third-order valence-electron chi connectivity index (χ3n) is 3.58. The van der Waals surface area contributed by atoms with E-state index in [1.807, 2.05) is 44.2 Å². The van der Waals surface area contributed by atoms with E-state index in [0.717, 1.165) is 5.56 Å². The van der Waals surface area contributed by atoms with Gasteiger partial charge in [0, 0.05) is 12.6 Å². The normalized spacial score (nSPS) is 19.2. The van der Waals surface area contributed by atoms with Gasteiger partial charge < -0.3 is 14.2 Å². The Morgan fingerprint density at radius 1 is 1.42 bits per heavy atom. The van der Waals surface area contributed by atoms with Gasteiger partial charge in [-0.15, -0.1) is 5.10 Å². The highest BCUT2D eigenvalue weighted by Gasteiger charge is 2.33. The molecule has 0 saturated carbocycles. The summed E-state index contributed by atoms with van der Waals surface area (Å²) in [5, 5.41) is 9.25. The number of ether oxygens (including phenoxy) is 3. The van der Waals surface area contributed by atoms with E-state index < -0.39 is 11.9 Å². The van der Waals surface area contributed by atoms with E-state index in [1.165, 1.54) is 9.80 Å². The Bertz CT molecular complexity index is 701. The molecule has 2 heterocycles. The van der Waals surface area contributed by atoms with Crippen LogP contribution in [0.1, 0.15) is 13.8 Å². The lowest BCUT2D eigenvalue weighted by molar-refractivity contribution is -0.142. The fraction of sp³-hybridized carbons (Fsp3) is 0.438. The molecule has 0 N–H and O–H groups in total. The molecule has 1 aromatic heterocycles. The van der Waals surface area contributed by atoms with E-state index in [9.17, 15) is 4.79 Å². The van der Waals surface area contributed by atoms with Crippen molar-refractivity contribution in [2.75, 3.05) is 25.3 Å². The molecule has 128 valence electrons. The molecule has 3 rings (SSSR count). The predicted octanol–water partition coefficient (Wildman–Crippen LogP) is 1.80. The van der Waals surface area contributed by atoms with Gasteiger partial charge in [0.25, 0.3) is 0 Å². The second-order valence-corrected chi connectivity index (χ2v) is 5.94. The zero-order valence-electron chi connectivity index (χ0n) is 13.9. The molecule has 2 aromatic rings. The Balaban J connectivity index is 1.57. The number of carbonyl (C=O) groups excluding carboxylic acids is 1. The van der Waals surface area contributed by atoms with Gasteiger partial charge in [-0.25, -0.2) is 9.80 Å². The van der Waals surface area contributed by atoms with Crippen LogP contribution in [0, 0.1) is 0 Å². The molecule has 1 aromatic carbocycles. The van der Waals surface area contributed by atoms with Gasteiger partial charge in [-0.1, -0.05) is 30.3 Å². The molecular formula is C16H20N4O4. The lowest BCUT2D eigenvalue weighted by atomic mass is 10.2. The molecule has 0 aliphatic carbocycles. The van der Waals surface area contributed by atoms with Crippen molar-refractivity contribution in [3.8, 4) is 11.3 Å². The Morgan fingerprint density at radius 3 is 2.83 bits per heavy atom. The summed E-state index contributed by atoms with van der Waals surface area (Å²) in [5.74, 6) is -0.639. The Hall–Kier alpha value is -2.45. The number of hydrogen-bond acceptors (Lipinski definition) is 6. The molecule has 0 radical (unpaired) electrons. The monoisotopic (exact) mass is 332 g/mol. The fourth-order valence-electron chi connectivity index (χ4n) is 2.33. The highest BCUT2D eigenvalue weighted by molar-refractivity contribution is 5.77. The van der Waals surface area contributed by atoms with Gasteiger partial charge in [-0.3, -0.25) is 0 Å². The lowest BCUT2D eigenvalue weighted by Gasteiger charge is -2.19. The first-order chi connectivity index (χ1) is 11.4. The number of benzene rings is 1. The summed E-state index contributed by atoms with van der Waals surface area (Å²) in [5.41, 5.74) is 1.59. The van der Waals surface area contributed by atoms with Crippen molar-refractivity contribution in [1.29, 1.82) is 0 Å². The minimum atomic E-state index is -0.639. The maximum Gasteiger partial charge on any atom is 0.430 e. The van der Waals surface area contributed by atoms with E-state index in [2.05, 4.69) is 10.3 Å². The number of rotatable bonds is 4. The van der Waals surface area contributed by atoms with E-state index in [0.29, 0.717) is 12.3 Å². The molecule has 1 aliphatic heterocycles. The molecule has 8 nitrogen and oxygen atoms in total. The molecule has 1 amide bonds. The average Bonchev–Trinajstić information content (AvgIpc) is 3.19. The first kappa shape index (κ1) is 16.4. The SMILES string of the molecule is CN(C(=O)OCC1COC(C)(C)O1)n1cc(-c2ccccc2)nn1. The van der Waals surface area contributed by atoms with Gasteiger partial charge in [-0.2, -0.15) is 4.79 Å². The fourth-order valence-corrected chi connectivity index (χ4v) is 2.33. The van der Waals surface area contributed by atoms with Crippen molar-refractivity contribution in [3.05, 3.63) is 36.5 Å². The molecule has 8 heteroatoms. The largest absolute Gasteiger partial charge is 0.445 e. The zero-order chi connectivity index (χ0) is 17.2. The average molecular weight is 332 g/mol. The van der Waals surface area contributed by atoms with Gasteiger partial charge in [-0.05, 0) is 19.1 Å². The van der Waals surface area contributed by atoms with Crippen LogP contribution in [-0.2, 0) is 14.2 Å². The van der Waals surface area contributed by atoms with Crippen LogP contribution in [0.5, 0.6) is 0 Å². The van der Waals surface area contributed by atoms with Gasteiger partial charge in [0.05, 0.1) is 12.8 Å². The summed E-state index contributed by atoms with van der Waals surface area (Å²) in [6.07, 6.45) is 0.843. The van der Waals surface area contributed by atoms with Crippen molar-refractivity contribution < 1.29 is 19.0 Å². The highest BCUT2D eigenvalue weighted by Crippen LogP contribution is 2.22. The molecule has 0 bridgehead atoms. The second kappa shape index (κ2) is 6.58. The molecule has 1 fully saturated rings. The van der Waals surface area contributed by atoms with Crippen LogP contribution in [-0.4, -0.2) is 53.3 Å². The van der Waals surface area contributed by atoms with Crippen LogP contribution in [0.25, 0.3) is 11.3 Å². The van der Waals surface area contributed by atoms with Crippen LogP contribution in [0.3, 0.4) is 0 Å². The summed E-state index contributed by atoms with van der Waals surface area (Å²) >= 11 is 0. The minimum absolute atomic E-state index is 0.118. The first-order valence-corrected chi connectivity index (χ1v) is 7.65. The van der Waals surface area contributed by atoms with Crippen molar-refractivity contribution in [3.63, 3.8) is 0 Å². The van der Waals surface area contributed by atoms with Crippen LogP contribution in [0.4, 0.5) is 4.79 Å². The number of amides is 1. The quantitative estimate of drug-likeness (QED) is 0.849. The molecular weight excluding hydrogens is 312 g/mol. The number of aromatic nitrogens is 3. The molecule has 1 unspecified atom stereocenters. The number of nitrogens with zero attached hydrogens (tertiary/aromatic N) is 4. The third-order valence-corrected chi connectivity index (χ3v) is 3.58. The van der Waals surface area contributed by atoms with E-state index in [-0.39, 0.29) is 12.7 Å². The van der Waals surface area contributed by atoms with Crippen molar-refractivity contribution in [2.45, 2.75) is 25.7 Å². The van der Waals surface area contributed by atoms with Crippen molar-refractivity contribution in [2.24, 2.45) is 0 Å². The number of hydrogen-bond donors (Lipinski definition) is 0. The van der Waals surface area contributed by atoms with Crippen LogP contribution in [0.15, 0.2) is 36.5 Å². The molecule has 1 atom stereocenters. The van der Waals surface area contributed by atoms with Gasteiger partial charge >= 0.3 is 6.09 Å². The second-order valence-electron chi connectivity index (χ2n) is 5.94. The van der Waals surface area contributed by atoms with Crippen LogP contribution < -0.4 is 5.01 Å². The zero-order valence-corrected chi connectivity index (χ0v) is 13.9. The lowest BCUT2D eigenvalue weighted by Crippen LogP contribution is -2.39. The maximum absolute atomic E-state index is 12.1. The molecule has 0 spiro atoms. The summed E-state index contributed by atoms with van der Waals surface area (Å²) in [7, 11) is 1.56. The first-order valence-electron chi connectivity index (χ1n) is 7.65. The molecule has 24 heavy (non-hydrogen) atoms. The molecule has 1 saturated heterocycles. The summed E-state index contributed by atoms with van der Waals surface area (Å²) in [6, 6.07) is 9.60. The smallest absolute Gasteiger partial charge is 0.430 e. The van der Waals surface area contributed by atoms with Gasteiger partial charge in [0.15, 0.2) is 5.79 Å². The van der Waals surface area contributed by atoms with Gasteiger partial charge in [0.1, 0.15) is 18.4 Å². The summed E-state index contributed by atoms with van der Waals surface area (Å²) in [6.45, 7) is 4.15. The summed E-state index contributed by atoms with van der Waals surface area (Å²) in [4.78, 5) is 13.5. The Morgan fingerprint density at radius 2 is 2.17 bits per heavy atom. The molecule has 1 aliphatic rings. The summed E-state index contributed by atoms with van der Waals surface area (Å²) < 4.78 is 16.3. The minimum Gasteiger partial charge on any atom is -0.445 e. The van der Waals surface area contributed by atoms with Crippen molar-refractivity contribution in [1.82, 2.24) is 15.1 Å². The van der Waals surface area contributed by atoms with Gasteiger partial charge in [0.2, 0.25) is 0 Å². The van der Waals surface area contributed by atoms with Crippen LogP contribution in [0.2, 0.25) is 0 Å². The van der Waals surface area contributed by atoms with E-state index in [4.69, 9.17) is 14.2 Å².